The fourth-order valence-corrected chi connectivity index (χ4v) is 2.26. The van der Waals surface area contributed by atoms with Crippen LogP contribution in [0.4, 0.5) is 8.78 Å². The Kier molecular flexibility index (Phi) is 14.3. The van der Waals surface area contributed by atoms with Crippen LogP contribution in [-0.4, -0.2) is 31.6 Å². The monoisotopic (exact) mass is 278 g/mol. The first kappa shape index (κ1) is 20.7. The molecule has 0 radical (unpaired) electrons. The minimum Gasteiger partial charge on any atom is -0.748 e. The number of rotatable bonds is 11. The Hall–Kier alpha value is 0.367. The molecule has 0 saturated heterocycles. The number of hydrogen-bond donors (Lipinski definition) is 0. The van der Waals surface area contributed by atoms with Crippen molar-refractivity contribution in [3.05, 3.63) is 0 Å². The summed E-state index contributed by atoms with van der Waals surface area (Å²) in [5.74, 6) is -0.913. The molecule has 0 aliphatic heterocycles. The van der Waals surface area contributed by atoms with Crippen molar-refractivity contribution in [1.82, 2.24) is 0 Å². The molecule has 0 aliphatic rings. The summed E-state index contributed by atoms with van der Waals surface area (Å²) in [4.78, 5) is 0. The van der Waals surface area contributed by atoms with Crippen LogP contribution in [0.1, 0.15) is 51.4 Å². The molecule has 0 heterocycles. The summed E-state index contributed by atoms with van der Waals surface area (Å²) >= 11 is 0. The Balaban J connectivity index is 0. The van der Waals surface area contributed by atoms with Gasteiger partial charge in [0.05, 0.1) is 22.5 Å². The van der Waals surface area contributed by atoms with Gasteiger partial charge in [0, 0.05) is 0 Å². The van der Waals surface area contributed by atoms with E-state index < -0.39 is 22.0 Å². The van der Waals surface area contributed by atoms with Gasteiger partial charge in [0.1, 0.15) is 6.17 Å². The van der Waals surface area contributed by atoms with Crippen molar-refractivity contribution in [3.8, 4) is 0 Å². The van der Waals surface area contributed by atoms with Gasteiger partial charge in [-0.2, -0.15) is 0 Å². The Morgan fingerprint density at radius 1 is 0.944 bits per heavy atom. The molecule has 0 amide bonds. The van der Waals surface area contributed by atoms with Crippen LogP contribution in [0.5, 0.6) is 0 Å². The molecule has 0 aromatic rings. The fourth-order valence-electron chi connectivity index (χ4n) is 1.65. The summed E-state index contributed by atoms with van der Waals surface area (Å²) < 4.78 is 55.4. The van der Waals surface area contributed by atoms with Crippen LogP contribution >= 0.6 is 0 Å². The molecule has 0 rings (SSSR count). The summed E-state index contributed by atoms with van der Waals surface area (Å²) in [6.07, 6.45) is 4.44. The molecule has 0 fully saturated rings. The Morgan fingerprint density at radius 2 is 1.39 bits per heavy atom. The maximum absolute atomic E-state index is 13.0. The van der Waals surface area contributed by atoms with Gasteiger partial charge >= 0.3 is 18.9 Å². The maximum atomic E-state index is 13.0. The molecule has 0 bridgehead atoms. The smallest absolute Gasteiger partial charge is 0.748 e. The molecule has 104 valence electrons. The van der Waals surface area contributed by atoms with Crippen LogP contribution in [0.15, 0.2) is 0 Å². The van der Waals surface area contributed by atoms with Crippen LogP contribution in [-0.2, 0) is 10.1 Å². The predicted octanol–water partition coefficient (Wildman–Crippen LogP) is -0.0360. The van der Waals surface area contributed by atoms with Gasteiger partial charge in [-0.25, -0.2) is 12.8 Å². The average molecular weight is 278 g/mol. The normalized spacial score (nSPS) is 13.1. The number of alkyl halides is 2. The largest absolute Gasteiger partial charge is 1.00 e. The molecular formula is C11H21F2LiO3S. The van der Waals surface area contributed by atoms with Gasteiger partial charge in [-0.3, -0.25) is 4.39 Å². The SMILES string of the molecule is O=S(=O)([O-])CC(F)CCCCCCCCCF.[Li+]. The number of unbranched alkanes of at least 4 members (excludes halogenated alkanes) is 6. The van der Waals surface area contributed by atoms with Crippen LogP contribution in [0.3, 0.4) is 0 Å². The van der Waals surface area contributed by atoms with E-state index >= 15 is 0 Å². The average Bonchev–Trinajstić information content (AvgIpc) is 2.19. The third-order valence-electron chi connectivity index (χ3n) is 2.54. The van der Waals surface area contributed by atoms with Crippen molar-refractivity contribution in [2.75, 3.05) is 12.4 Å². The quantitative estimate of drug-likeness (QED) is 0.303. The predicted molar refractivity (Wildman–Crippen MR) is 62.4 cm³/mol. The minimum atomic E-state index is -4.44. The van der Waals surface area contributed by atoms with Gasteiger partial charge in [0.25, 0.3) is 0 Å². The molecule has 18 heavy (non-hydrogen) atoms. The molecule has 1 atom stereocenters. The van der Waals surface area contributed by atoms with Crippen molar-refractivity contribution in [2.45, 2.75) is 57.5 Å². The molecule has 7 heteroatoms. The van der Waals surface area contributed by atoms with Crippen LogP contribution in [0.25, 0.3) is 0 Å². The second-order valence-electron chi connectivity index (χ2n) is 4.27. The van der Waals surface area contributed by atoms with E-state index in [1.54, 1.807) is 0 Å². The standard InChI is InChI=1S/C11H22F2O3S.Li/c12-9-7-5-3-1-2-4-6-8-11(13)10-17(14,15)16;/h11H,1-10H2,(H,14,15,16);/q;+1/p-1. The van der Waals surface area contributed by atoms with E-state index in [2.05, 4.69) is 0 Å². The van der Waals surface area contributed by atoms with Gasteiger partial charge in [0.2, 0.25) is 0 Å². The van der Waals surface area contributed by atoms with Gasteiger partial charge in [-0.1, -0.05) is 38.5 Å². The van der Waals surface area contributed by atoms with Crippen molar-refractivity contribution >= 4 is 10.1 Å². The van der Waals surface area contributed by atoms with Crippen LogP contribution < -0.4 is 18.9 Å². The number of halogens is 2. The molecule has 0 saturated carbocycles. The first-order chi connectivity index (χ1) is 7.95. The van der Waals surface area contributed by atoms with E-state index in [4.69, 9.17) is 0 Å². The summed E-state index contributed by atoms with van der Waals surface area (Å²) in [7, 11) is -4.44. The maximum Gasteiger partial charge on any atom is 1.00 e. The molecule has 0 aromatic heterocycles. The topological polar surface area (TPSA) is 57.2 Å². The minimum absolute atomic E-state index is 0. The summed E-state index contributed by atoms with van der Waals surface area (Å²) in [6.45, 7) is -0.271. The Morgan fingerprint density at radius 3 is 1.83 bits per heavy atom. The molecule has 3 nitrogen and oxygen atoms in total. The zero-order chi connectivity index (χ0) is 13.1. The zero-order valence-corrected chi connectivity index (χ0v) is 11.9. The van der Waals surface area contributed by atoms with Crippen molar-refractivity contribution in [1.29, 1.82) is 0 Å². The first-order valence-electron chi connectivity index (χ1n) is 6.09. The molecule has 0 N–H and O–H groups in total. The van der Waals surface area contributed by atoms with E-state index in [-0.39, 0.29) is 32.0 Å². The zero-order valence-electron chi connectivity index (χ0n) is 11.0. The van der Waals surface area contributed by atoms with Gasteiger partial charge < -0.3 is 4.55 Å². The molecule has 1 unspecified atom stereocenters. The van der Waals surface area contributed by atoms with Crippen LogP contribution in [0.2, 0.25) is 0 Å². The molecular weight excluding hydrogens is 257 g/mol. The second-order valence-corrected chi connectivity index (χ2v) is 5.72. The van der Waals surface area contributed by atoms with E-state index in [0.29, 0.717) is 12.8 Å². The summed E-state index contributed by atoms with van der Waals surface area (Å²) in [5.41, 5.74) is 0. The van der Waals surface area contributed by atoms with E-state index in [9.17, 15) is 21.8 Å². The van der Waals surface area contributed by atoms with E-state index in [1.807, 2.05) is 0 Å². The van der Waals surface area contributed by atoms with Crippen molar-refractivity contribution in [3.63, 3.8) is 0 Å². The van der Waals surface area contributed by atoms with Gasteiger partial charge in [0.15, 0.2) is 0 Å². The molecule has 0 spiro atoms. The van der Waals surface area contributed by atoms with Crippen molar-refractivity contribution < 1.29 is 40.6 Å². The third-order valence-corrected chi connectivity index (χ3v) is 3.31. The summed E-state index contributed by atoms with van der Waals surface area (Å²) in [5, 5.41) is 0. The molecule has 0 aliphatic carbocycles. The Labute approximate surface area is 121 Å². The number of hydrogen-bond acceptors (Lipinski definition) is 3. The van der Waals surface area contributed by atoms with Crippen LogP contribution in [0, 0.1) is 0 Å². The molecule has 0 aromatic carbocycles. The van der Waals surface area contributed by atoms with Gasteiger partial charge in [-0.15, -0.1) is 0 Å². The first-order valence-corrected chi connectivity index (χ1v) is 7.67. The third kappa shape index (κ3) is 16.4. The van der Waals surface area contributed by atoms with Crippen molar-refractivity contribution in [2.24, 2.45) is 0 Å². The Bertz CT molecular complexity index is 273. The van der Waals surface area contributed by atoms with E-state index in [1.165, 1.54) is 0 Å². The van der Waals surface area contributed by atoms with Gasteiger partial charge in [-0.05, 0) is 12.8 Å². The van der Waals surface area contributed by atoms with E-state index in [0.717, 1.165) is 32.1 Å². The summed E-state index contributed by atoms with van der Waals surface area (Å²) in [6, 6.07) is 0. The fraction of sp³-hybridized carbons (Fsp3) is 1.00. The second kappa shape index (κ2) is 12.4.